The number of rotatable bonds is 4. The first kappa shape index (κ1) is 14.3. The molecule has 2 rings (SSSR count). The summed E-state index contributed by atoms with van der Waals surface area (Å²) in [6.07, 6.45) is 0.00716. The first-order valence-electron chi connectivity index (χ1n) is 6.85. The number of para-hydroxylation sites is 1. The number of anilines is 1. The first-order valence-corrected chi connectivity index (χ1v) is 6.85. The molecular weight excluding hydrogens is 240 g/mol. The van der Waals surface area contributed by atoms with Gasteiger partial charge in [0.05, 0.1) is 12.2 Å². The van der Waals surface area contributed by atoms with E-state index in [4.69, 9.17) is 0 Å². The SMILES string of the molecule is CC(O)c1ccccc1N1CC(O)CC1CN(C)C. The lowest BCUT2D eigenvalue weighted by Gasteiger charge is -2.31. The highest BCUT2D eigenvalue weighted by molar-refractivity contribution is 5.56. The molecule has 1 aromatic carbocycles. The monoisotopic (exact) mass is 264 g/mol. The molecule has 106 valence electrons. The van der Waals surface area contributed by atoms with Crippen LogP contribution in [0.1, 0.15) is 25.0 Å². The number of likely N-dealkylation sites (N-methyl/N-ethyl adjacent to an activating group) is 1. The number of aliphatic hydroxyl groups excluding tert-OH is 2. The maximum Gasteiger partial charge on any atom is 0.0781 e. The van der Waals surface area contributed by atoms with Gasteiger partial charge < -0.3 is 20.0 Å². The minimum atomic E-state index is -0.492. The number of hydrogen-bond acceptors (Lipinski definition) is 4. The zero-order chi connectivity index (χ0) is 14.0. The largest absolute Gasteiger partial charge is 0.391 e. The van der Waals surface area contributed by atoms with E-state index in [9.17, 15) is 10.2 Å². The second-order valence-corrected chi connectivity index (χ2v) is 5.69. The third kappa shape index (κ3) is 3.26. The molecule has 19 heavy (non-hydrogen) atoms. The number of aliphatic hydroxyl groups is 2. The summed E-state index contributed by atoms with van der Waals surface area (Å²) in [6.45, 7) is 3.33. The van der Waals surface area contributed by atoms with Gasteiger partial charge in [-0.1, -0.05) is 18.2 Å². The zero-order valence-electron chi connectivity index (χ0n) is 12.0. The van der Waals surface area contributed by atoms with Crippen LogP contribution in [0, 0.1) is 0 Å². The number of hydrogen-bond donors (Lipinski definition) is 2. The molecule has 3 atom stereocenters. The smallest absolute Gasteiger partial charge is 0.0781 e. The second kappa shape index (κ2) is 5.90. The molecule has 0 bridgehead atoms. The molecule has 1 aliphatic heterocycles. The minimum Gasteiger partial charge on any atom is -0.391 e. The Labute approximate surface area is 115 Å². The second-order valence-electron chi connectivity index (χ2n) is 5.69. The lowest BCUT2D eigenvalue weighted by Crippen LogP contribution is -2.38. The number of benzene rings is 1. The molecule has 0 spiro atoms. The Kier molecular flexibility index (Phi) is 4.45. The Morgan fingerprint density at radius 2 is 2.05 bits per heavy atom. The molecule has 1 heterocycles. The van der Waals surface area contributed by atoms with E-state index in [1.54, 1.807) is 6.92 Å². The summed E-state index contributed by atoms with van der Waals surface area (Å²) >= 11 is 0. The molecule has 0 aromatic heterocycles. The van der Waals surface area contributed by atoms with Gasteiger partial charge in [0.25, 0.3) is 0 Å². The van der Waals surface area contributed by atoms with Crippen molar-refractivity contribution in [2.45, 2.75) is 31.6 Å². The minimum absolute atomic E-state index is 0.285. The zero-order valence-corrected chi connectivity index (χ0v) is 12.0. The van der Waals surface area contributed by atoms with Crippen LogP contribution in [0.4, 0.5) is 5.69 Å². The van der Waals surface area contributed by atoms with Gasteiger partial charge in [-0.3, -0.25) is 0 Å². The van der Waals surface area contributed by atoms with E-state index in [1.807, 2.05) is 38.4 Å². The highest BCUT2D eigenvalue weighted by Crippen LogP contribution is 2.32. The Hall–Kier alpha value is -1.10. The summed E-state index contributed by atoms with van der Waals surface area (Å²) in [5.41, 5.74) is 1.97. The van der Waals surface area contributed by atoms with Crippen molar-refractivity contribution in [3.05, 3.63) is 29.8 Å². The van der Waals surface area contributed by atoms with E-state index in [0.29, 0.717) is 12.6 Å². The van der Waals surface area contributed by atoms with Gasteiger partial charge >= 0.3 is 0 Å². The third-order valence-corrected chi connectivity index (χ3v) is 3.66. The molecule has 0 radical (unpaired) electrons. The Morgan fingerprint density at radius 1 is 1.37 bits per heavy atom. The van der Waals surface area contributed by atoms with Crippen LogP contribution >= 0.6 is 0 Å². The van der Waals surface area contributed by atoms with Crippen molar-refractivity contribution in [3.63, 3.8) is 0 Å². The average Bonchev–Trinajstić information content (AvgIpc) is 2.69. The van der Waals surface area contributed by atoms with Crippen molar-refractivity contribution in [2.75, 3.05) is 32.1 Å². The van der Waals surface area contributed by atoms with Crippen molar-refractivity contribution >= 4 is 5.69 Å². The van der Waals surface area contributed by atoms with Crippen LogP contribution in [-0.4, -0.2) is 54.4 Å². The summed E-state index contributed by atoms with van der Waals surface area (Å²) in [5, 5.41) is 19.9. The van der Waals surface area contributed by atoms with Gasteiger partial charge in [-0.2, -0.15) is 0 Å². The van der Waals surface area contributed by atoms with E-state index in [2.05, 4.69) is 9.80 Å². The lowest BCUT2D eigenvalue weighted by atomic mass is 10.1. The highest BCUT2D eigenvalue weighted by Gasteiger charge is 2.32. The fourth-order valence-electron chi connectivity index (χ4n) is 2.88. The van der Waals surface area contributed by atoms with Crippen LogP contribution in [0.15, 0.2) is 24.3 Å². The number of nitrogens with zero attached hydrogens (tertiary/aromatic N) is 2. The van der Waals surface area contributed by atoms with Crippen LogP contribution in [-0.2, 0) is 0 Å². The Morgan fingerprint density at radius 3 is 2.68 bits per heavy atom. The normalized spacial score (nSPS) is 25.1. The van der Waals surface area contributed by atoms with E-state index >= 15 is 0 Å². The fraction of sp³-hybridized carbons (Fsp3) is 0.600. The molecule has 1 fully saturated rings. The lowest BCUT2D eigenvalue weighted by molar-refractivity contribution is 0.191. The summed E-state index contributed by atoms with van der Waals surface area (Å²) in [5.74, 6) is 0. The van der Waals surface area contributed by atoms with Gasteiger partial charge in [0.15, 0.2) is 0 Å². The van der Waals surface area contributed by atoms with Crippen molar-refractivity contribution in [1.29, 1.82) is 0 Å². The molecule has 0 amide bonds. The van der Waals surface area contributed by atoms with E-state index < -0.39 is 6.10 Å². The van der Waals surface area contributed by atoms with Gasteiger partial charge in [-0.05, 0) is 33.5 Å². The quantitative estimate of drug-likeness (QED) is 0.859. The Balaban J connectivity index is 2.28. The molecular formula is C15H24N2O2. The standard InChI is InChI=1S/C15H24N2O2/c1-11(18)14-6-4-5-7-15(14)17-10-13(19)8-12(17)9-16(2)3/h4-7,11-13,18-19H,8-10H2,1-3H3. The molecule has 1 saturated heterocycles. The molecule has 1 aliphatic rings. The van der Waals surface area contributed by atoms with Crippen LogP contribution in [0.5, 0.6) is 0 Å². The summed E-state index contributed by atoms with van der Waals surface area (Å²) in [7, 11) is 4.09. The number of β-amino-alcohol motifs (C(OH)–C–C–N with tert-alkyl or cyclic N) is 1. The van der Waals surface area contributed by atoms with Crippen molar-refractivity contribution in [2.24, 2.45) is 0 Å². The predicted molar refractivity (Wildman–Crippen MR) is 77.4 cm³/mol. The maximum atomic E-state index is 9.95. The summed E-state index contributed by atoms with van der Waals surface area (Å²) in [4.78, 5) is 4.37. The third-order valence-electron chi connectivity index (χ3n) is 3.66. The predicted octanol–water partition coefficient (Wildman–Crippen LogP) is 1.24. The van der Waals surface area contributed by atoms with Crippen molar-refractivity contribution in [3.8, 4) is 0 Å². The van der Waals surface area contributed by atoms with Gasteiger partial charge in [0, 0.05) is 30.4 Å². The first-order chi connectivity index (χ1) is 8.99. The van der Waals surface area contributed by atoms with E-state index in [1.165, 1.54) is 0 Å². The molecule has 0 saturated carbocycles. The molecule has 2 N–H and O–H groups in total. The topological polar surface area (TPSA) is 46.9 Å². The molecule has 4 nitrogen and oxygen atoms in total. The van der Waals surface area contributed by atoms with Crippen LogP contribution in [0.3, 0.4) is 0 Å². The molecule has 3 unspecified atom stereocenters. The highest BCUT2D eigenvalue weighted by atomic mass is 16.3. The van der Waals surface area contributed by atoms with Gasteiger partial charge in [0.2, 0.25) is 0 Å². The molecule has 4 heteroatoms. The fourth-order valence-corrected chi connectivity index (χ4v) is 2.88. The van der Waals surface area contributed by atoms with Gasteiger partial charge in [-0.15, -0.1) is 0 Å². The molecule has 1 aromatic rings. The van der Waals surface area contributed by atoms with Crippen LogP contribution < -0.4 is 4.90 Å². The van der Waals surface area contributed by atoms with Gasteiger partial charge in [0.1, 0.15) is 0 Å². The Bertz CT molecular complexity index is 420. The van der Waals surface area contributed by atoms with Crippen LogP contribution in [0.2, 0.25) is 0 Å². The van der Waals surface area contributed by atoms with Gasteiger partial charge in [-0.25, -0.2) is 0 Å². The van der Waals surface area contributed by atoms with E-state index in [0.717, 1.165) is 24.2 Å². The molecule has 0 aliphatic carbocycles. The maximum absolute atomic E-state index is 9.95. The summed E-state index contributed by atoms with van der Waals surface area (Å²) < 4.78 is 0. The van der Waals surface area contributed by atoms with Crippen LogP contribution in [0.25, 0.3) is 0 Å². The van der Waals surface area contributed by atoms with E-state index in [-0.39, 0.29) is 6.10 Å². The van der Waals surface area contributed by atoms with Crippen molar-refractivity contribution in [1.82, 2.24) is 4.90 Å². The summed E-state index contributed by atoms with van der Waals surface area (Å²) in [6, 6.07) is 8.21. The van der Waals surface area contributed by atoms with Crippen molar-refractivity contribution < 1.29 is 10.2 Å². The average molecular weight is 264 g/mol.